The molecule has 0 N–H and O–H groups in total. The summed E-state index contributed by atoms with van der Waals surface area (Å²) in [6, 6.07) is 6.14. The number of nitrogens with zero attached hydrogens (tertiary/aromatic N) is 2. The summed E-state index contributed by atoms with van der Waals surface area (Å²) in [7, 11) is 0. The van der Waals surface area contributed by atoms with Gasteiger partial charge in [0.05, 0.1) is 17.5 Å². The number of carbonyl (C=O) groups is 1. The van der Waals surface area contributed by atoms with Gasteiger partial charge in [-0.3, -0.25) is 19.8 Å². The number of likely N-dealkylation sites (tertiary alicyclic amines) is 1. The molecule has 0 radical (unpaired) electrons. The third kappa shape index (κ3) is 5.52. The van der Waals surface area contributed by atoms with Gasteiger partial charge in [-0.05, 0) is 33.3 Å². The molecule has 7 nitrogen and oxygen atoms in total. The van der Waals surface area contributed by atoms with Gasteiger partial charge in [0.25, 0.3) is 5.69 Å². The number of nitro benzene ring substituents is 1. The van der Waals surface area contributed by atoms with Crippen molar-refractivity contribution in [1.29, 1.82) is 0 Å². The Kier molecular flexibility index (Phi) is 5.20. The summed E-state index contributed by atoms with van der Waals surface area (Å²) in [4.78, 5) is 24.1. The number of esters is 1. The fourth-order valence-electron chi connectivity index (χ4n) is 2.46. The molecule has 1 aromatic rings. The molecule has 1 fully saturated rings. The maximum absolute atomic E-state index is 11.8. The molecular formula is C16H22N2O5. The van der Waals surface area contributed by atoms with Crippen molar-refractivity contribution in [2.75, 3.05) is 19.6 Å². The molecule has 126 valence electrons. The van der Waals surface area contributed by atoms with E-state index in [9.17, 15) is 14.9 Å². The molecule has 1 aliphatic rings. The Morgan fingerprint density at radius 3 is 2.83 bits per heavy atom. The van der Waals surface area contributed by atoms with Crippen LogP contribution in [0.5, 0.6) is 5.75 Å². The molecule has 1 unspecified atom stereocenters. The van der Waals surface area contributed by atoms with E-state index in [0.717, 1.165) is 13.0 Å². The summed E-state index contributed by atoms with van der Waals surface area (Å²) >= 11 is 0. The molecule has 1 aromatic carbocycles. The summed E-state index contributed by atoms with van der Waals surface area (Å²) in [6.07, 6.45) is 0.685. The standard InChI is InChI=1S/C16H22N2O5/c1-16(2,3)23-15(19)11-17-8-7-14(10-17)22-13-6-4-5-12(9-13)18(20)21/h4-6,9,14H,7-8,10-11H2,1-3H3. The van der Waals surface area contributed by atoms with E-state index < -0.39 is 10.5 Å². The molecule has 0 saturated carbocycles. The zero-order valence-electron chi connectivity index (χ0n) is 13.7. The molecule has 1 heterocycles. The Bertz CT molecular complexity index is 582. The highest BCUT2D eigenvalue weighted by Gasteiger charge is 2.27. The summed E-state index contributed by atoms with van der Waals surface area (Å²) in [5.41, 5.74) is -0.485. The predicted molar refractivity (Wildman–Crippen MR) is 84.4 cm³/mol. The average Bonchev–Trinajstić information content (AvgIpc) is 2.83. The second-order valence-electron chi connectivity index (χ2n) is 6.60. The van der Waals surface area contributed by atoms with Crippen LogP contribution in [-0.2, 0) is 9.53 Å². The predicted octanol–water partition coefficient (Wildman–Crippen LogP) is 2.39. The SMILES string of the molecule is CC(C)(C)OC(=O)CN1CCC(Oc2cccc([N+](=O)[O-])c2)C1. The normalized spacial score (nSPS) is 18.7. The Morgan fingerprint density at radius 1 is 1.43 bits per heavy atom. The minimum atomic E-state index is -0.490. The van der Waals surface area contributed by atoms with Crippen LogP contribution >= 0.6 is 0 Å². The summed E-state index contributed by atoms with van der Waals surface area (Å²) < 4.78 is 11.1. The monoisotopic (exact) mass is 322 g/mol. The van der Waals surface area contributed by atoms with Crippen molar-refractivity contribution in [2.24, 2.45) is 0 Å². The number of nitro groups is 1. The lowest BCUT2D eigenvalue weighted by Gasteiger charge is -2.22. The second-order valence-corrected chi connectivity index (χ2v) is 6.60. The molecular weight excluding hydrogens is 300 g/mol. The van der Waals surface area contributed by atoms with Crippen LogP contribution in [0.2, 0.25) is 0 Å². The molecule has 0 aromatic heterocycles. The lowest BCUT2D eigenvalue weighted by atomic mass is 10.2. The van der Waals surface area contributed by atoms with Gasteiger partial charge in [0.15, 0.2) is 0 Å². The number of ether oxygens (including phenoxy) is 2. The van der Waals surface area contributed by atoms with Crippen LogP contribution in [0.15, 0.2) is 24.3 Å². The topological polar surface area (TPSA) is 81.9 Å². The van der Waals surface area contributed by atoms with Gasteiger partial charge in [0, 0.05) is 19.2 Å². The van der Waals surface area contributed by atoms with Crippen molar-refractivity contribution >= 4 is 11.7 Å². The first-order valence-electron chi connectivity index (χ1n) is 7.58. The molecule has 0 bridgehead atoms. The van der Waals surface area contributed by atoms with Crippen molar-refractivity contribution in [1.82, 2.24) is 4.90 Å². The second kappa shape index (κ2) is 6.95. The van der Waals surface area contributed by atoms with E-state index in [1.165, 1.54) is 12.1 Å². The fourth-order valence-corrected chi connectivity index (χ4v) is 2.46. The Hall–Kier alpha value is -2.15. The first-order chi connectivity index (χ1) is 10.7. The Balaban J connectivity index is 1.85. The summed E-state index contributed by atoms with van der Waals surface area (Å²) in [5, 5.41) is 10.8. The minimum Gasteiger partial charge on any atom is -0.489 e. The number of benzene rings is 1. The van der Waals surface area contributed by atoms with Gasteiger partial charge in [0.1, 0.15) is 17.5 Å². The highest BCUT2D eigenvalue weighted by Crippen LogP contribution is 2.23. The van der Waals surface area contributed by atoms with Crippen molar-refractivity contribution in [2.45, 2.75) is 38.9 Å². The molecule has 1 saturated heterocycles. The van der Waals surface area contributed by atoms with Gasteiger partial charge in [0.2, 0.25) is 0 Å². The number of hydrogen-bond acceptors (Lipinski definition) is 6. The zero-order chi connectivity index (χ0) is 17.0. The molecule has 1 aliphatic heterocycles. The van der Waals surface area contributed by atoms with Crippen LogP contribution in [0.4, 0.5) is 5.69 Å². The van der Waals surface area contributed by atoms with Crippen LogP contribution in [0.25, 0.3) is 0 Å². The summed E-state index contributed by atoms with van der Waals surface area (Å²) in [6.45, 7) is 7.07. The number of carbonyl (C=O) groups excluding carboxylic acids is 1. The number of non-ortho nitro benzene ring substituents is 1. The molecule has 7 heteroatoms. The number of rotatable bonds is 5. The lowest BCUT2D eigenvalue weighted by molar-refractivity contribution is -0.384. The molecule has 0 aliphatic carbocycles. The van der Waals surface area contributed by atoms with Gasteiger partial charge in [-0.15, -0.1) is 0 Å². The van der Waals surface area contributed by atoms with E-state index >= 15 is 0 Å². The highest BCUT2D eigenvalue weighted by molar-refractivity contribution is 5.72. The molecule has 0 spiro atoms. The van der Waals surface area contributed by atoms with Gasteiger partial charge in [-0.2, -0.15) is 0 Å². The van der Waals surface area contributed by atoms with Crippen LogP contribution in [0.1, 0.15) is 27.2 Å². The first-order valence-corrected chi connectivity index (χ1v) is 7.58. The van der Waals surface area contributed by atoms with Gasteiger partial charge >= 0.3 is 5.97 Å². The maximum atomic E-state index is 11.8. The maximum Gasteiger partial charge on any atom is 0.320 e. The van der Waals surface area contributed by atoms with Crippen molar-refractivity contribution < 1.29 is 19.2 Å². The smallest absolute Gasteiger partial charge is 0.320 e. The zero-order valence-corrected chi connectivity index (χ0v) is 13.7. The van der Waals surface area contributed by atoms with Crippen molar-refractivity contribution in [3.63, 3.8) is 0 Å². The van der Waals surface area contributed by atoms with E-state index in [1.54, 1.807) is 12.1 Å². The molecule has 1 atom stereocenters. The van der Waals surface area contributed by atoms with E-state index in [-0.39, 0.29) is 24.3 Å². The lowest BCUT2D eigenvalue weighted by Crippen LogP contribution is -2.34. The highest BCUT2D eigenvalue weighted by atomic mass is 16.6. The van der Waals surface area contributed by atoms with Crippen molar-refractivity contribution in [3.8, 4) is 5.75 Å². The molecule has 0 amide bonds. The van der Waals surface area contributed by atoms with Crippen LogP contribution in [-0.4, -0.2) is 47.1 Å². The fraction of sp³-hybridized carbons (Fsp3) is 0.562. The average molecular weight is 322 g/mol. The minimum absolute atomic E-state index is 0.00566. The van der Waals surface area contributed by atoms with Crippen LogP contribution in [0, 0.1) is 10.1 Å². The van der Waals surface area contributed by atoms with Crippen LogP contribution in [0.3, 0.4) is 0 Å². The molecule has 2 rings (SSSR count). The van der Waals surface area contributed by atoms with Gasteiger partial charge in [-0.25, -0.2) is 0 Å². The first kappa shape index (κ1) is 17.2. The third-order valence-corrected chi connectivity index (χ3v) is 3.33. The Morgan fingerprint density at radius 2 is 2.17 bits per heavy atom. The number of hydrogen-bond donors (Lipinski definition) is 0. The van der Waals surface area contributed by atoms with Gasteiger partial charge < -0.3 is 9.47 Å². The van der Waals surface area contributed by atoms with E-state index in [2.05, 4.69) is 0 Å². The summed E-state index contributed by atoms with van der Waals surface area (Å²) in [5.74, 6) is 0.219. The van der Waals surface area contributed by atoms with Gasteiger partial charge in [-0.1, -0.05) is 6.07 Å². The largest absolute Gasteiger partial charge is 0.489 e. The Labute approximate surface area is 135 Å². The third-order valence-electron chi connectivity index (χ3n) is 3.33. The molecule has 23 heavy (non-hydrogen) atoms. The van der Waals surface area contributed by atoms with E-state index in [4.69, 9.17) is 9.47 Å². The van der Waals surface area contributed by atoms with Crippen molar-refractivity contribution in [3.05, 3.63) is 34.4 Å². The van der Waals surface area contributed by atoms with E-state index in [0.29, 0.717) is 12.3 Å². The van der Waals surface area contributed by atoms with E-state index in [1.807, 2.05) is 25.7 Å². The quantitative estimate of drug-likeness (QED) is 0.470. The van der Waals surface area contributed by atoms with Crippen LogP contribution < -0.4 is 4.74 Å².